The van der Waals surface area contributed by atoms with Crippen molar-refractivity contribution in [2.24, 2.45) is 0 Å². The van der Waals surface area contributed by atoms with Crippen molar-refractivity contribution in [1.82, 2.24) is 15.2 Å². The van der Waals surface area contributed by atoms with Gasteiger partial charge >= 0.3 is 0 Å². The van der Waals surface area contributed by atoms with E-state index in [1.165, 1.54) is 0 Å². The topological polar surface area (TPSA) is 70.4 Å². The molecule has 2 aromatic heterocycles. The lowest BCUT2D eigenvalue weighted by Gasteiger charge is -2.25. The molecule has 1 saturated heterocycles. The molecular weight excluding hydrogens is 536 g/mol. The fourth-order valence-corrected chi connectivity index (χ4v) is 4.91. The van der Waals surface area contributed by atoms with E-state index >= 15 is 0 Å². The molecule has 2 aromatic carbocycles. The van der Waals surface area contributed by atoms with Gasteiger partial charge in [0.25, 0.3) is 0 Å². The molecule has 2 unspecified atom stereocenters. The van der Waals surface area contributed by atoms with Crippen molar-refractivity contribution in [3.63, 3.8) is 0 Å². The summed E-state index contributed by atoms with van der Waals surface area (Å²) in [5, 5.41) is 6.94. The number of halogens is 1. The molecule has 182 valence electrons. The summed E-state index contributed by atoms with van der Waals surface area (Å²) in [5.41, 5.74) is 3.76. The first-order valence-electron chi connectivity index (χ1n) is 11.7. The fraction of sp³-hybridized carbons (Fsp3) is 0.179. The van der Waals surface area contributed by atoms with E-state index in [9.17, 15) is 4.79 Å². The van der Waals surface area contributed by atoms with E-state index in [1.54, 1.807) is 6.20 Å². The molecule has 0 saturated carbocycles. The zero-order valence-corrected chi connectivity index (χ0v) is 22.1. The summed E-state index contributed by atoms with van der Waals surface area (Å²) in [7, 11) is 0. The van der Waals surface area contributed by atoms with Gasteiger partial charge in [0.15, 0.2) is 5.11 Å². The third kappa shape index (κ3) is 5.34. The molecule has 6 nitrogen and oxygen atoms in total. The summed E-state index contributed by atoms with van der Waals surface area (Å²) >= 11 is 9.19. The molecule has 2 atom stereocenters. The lowest BCUT2D eigenvalue weighted by Crippen LogP contribution is -2.32. The first-order valence-corrected chi connectivity index (χ1v) is 12.9. The van der Waals surface area contributed by atoms with Crippen molar-refractivity contribution in [1.29, 1.82) is 0 Å². The van der Waals surface area contributed by atoms with Crippen LogP contribution in [-0.2, 0) is 4.79 Å². The Labute approximate surface area is 223 Å². The van der Waals surface area contributed by atoms with Gasteiger partial charge in [-0.15, -0.1) is 0 Å². The molecule has 3 heterocycles. The van der Waals surface area contributed by atoms with E-state index in [0.717, 1.165) is 38.5 Å². The smallest absolute Gasteiger partial charge is 0.226 e. The van der Waals surface area contributed by atoms with Crippen LogP contribution in [-0.4, -0.2) is 27.4 Å². The number of benzene rings is 2. The van der Waals surface area contributed by atoms with Crippen LogP contribution in [0.15, 0.2) is 93.9 Å². The van der Waals surface area contributed by atoms with Crippen LogP contribution >= 0.6 is 28.1 Å². The number of aryl methyl sites for hydroxylation is 1. The number of amides is 1. The van der Waals surface area contributed by atoms with Crippen LogP contribution in [0.4, 0.5) is 5.69 Å². The highest BCUT2D eigenvalue weighted by Crippen LogP contribution is 2.40. The number of nitrogens with one attached hydrogen (secondary N) is 2. The first kappa shape index (κ1) is 24.2. The van der Waals surface area contributed by atoms with Crippen LogP contribution in [0, 0.1) is 6.92 Å². The Morgan fingerprint density at radius 3 is 2.58 bits per heavy atom. The zero-order chi connectivity index (χ0) is 25.1. The summed E-state index contributed by atoms with van der Waals surface area (Å²) in [6.07, 6.45) is 2.05. The second-order valence-electron chi connectivity index (χ2n) is 8.69. The highest BCUT2D eigenvalue weighted by atomic mass is 79.9. The van der Waals surface area contributed by atoms with Gasteiger partial charge in [-0.3, -0.25) is 9.78 Å². The summed E-state index contributed by atoms with van der Waals surface area (Å²) < 4.78 is 7.36. The van der Waals surface area contributed by atoms with E-state index < -0.39 is 0 Å². The molecule has 8 heteroatoms. The number of carbonyl (C=O) groups is 1. The largest absolute Gasteiger partial charge is 0.459 e. The number of nitrogens with zero attached hydrogens (tertiary/aromatic N) is 2. The van der Waals surface area contributed by atoms with Crippen LogP contribution in [0.3, 0.4) is 0 Å². The lowest BCUT2D eigenvalue weighted by molar-refractivity contribution is -0.116. The molecular formula is C28H25BrN4O2S. The maximum atomic E-state index is 12.7. The van der Waals surface area contributed by atoms with Crippen molar-refractivity contribution in [3.05, 3.63) is 107 Å². The van der Waals surface area contributed by atoms with Crippen LogP contribution < -0.4 is 10.6 Å². The second-order valence-corrected chi connectivity index (χ2v) is 10.00. The minimum absolute atomic E-state index is 0.0725. The Hall–Kier alpha value is -3.49. The molecule has 0 aliphatic carbocycles. The van der Waals surface area contributed by atoms with E-state index in [4.69, 9.17) is 16.6 Å². The van der Waals surface area contributed by atoms with Gasteiger partial charge < -0.3 is 20.0 Å². The summed E-state index contributed by atoms with van der Waals surface area (Å²) in [6, 6.07) is 25.1. The van der Waals surface area contributed by atoms with E-state index in [-0.39, 0.29) is 24.4 Å². The third-order valence-electron chi connectivity index (χ3n) is 6.16. The molecule has 1 aliphatic heterocycles. The van der Waals surface area contributed by atoms with Gasteiger partial charge in [-0.1, -0.05) is 51.8 Å². The molecule has 0 spiro atoms. The van der Waals surface area contributed by atoms with E-state index in [2.05, 4.69) is 31.5 Å². The Bertz CT molecular complexity index is 1360. The Morgan fingerprint density at radius 2 is 1.86 bits per heavy atom. The Morgan fingerprint density at radius 1 is 1.08 bits per heavy atom. The van der Waals surface area contributed by atoms with Crippen molar-refractivity contribution >= 4 is 44.9 Å². The van der Waals surface area contributed by atoms with Gasteiger partial charge in [0.2, 0.25) is 5.91 Å². The first-order chi connectivity index (χ1) is 17.5. The summed E-state index contributed by atoms with van der Waals surface area (Å²) in [4.78, 5) is 19.3. The van der Waals surface area contributed by atoms with Gasteiger partial charge in [-0.2, -0.15) is 0 Å². The number of thiocarbonyl (C=S) groups is 1. The Kier molecular flexibility index (Phi) is 7.16. The number of furan rings is 1. The SMILES string of the molecule is Cc1ccc(NC(=O)CCN2C(=S)NC(c3ccccn3)C2c2ccc(-c3ccc(Br)cc3)o2)cc1. The van der Waals surface area contributed by atoms with Crippen LogP contribution in [0.5, 0.6) is 0 Å². The maximum Gasteiger partial charge on any atom is 0.226 e. The standard InChI is InChI=1S/C28H25BrN4O2S/c1-18-5-11-21(12-6-18)31-25(34)15-17-33-27(26(32-28(33)36)22-4-2-3-16-30-22)24-14-13-23(35-24)19-7-9-20(29)10-8-19/h2-14,16,26-27H,15,17H2,1H3,(H,31,34)(H,32,36). The van der Waals surface area contributed by atoms with Gasteiger partial charge in [0.1, 0.15) is 17.6 Å². The van der Waals surface area contributed by atoms with Crippen LogP contribution in [0.1, 0.15) is 35.5 Å². The number of hydrogen-bond acceptors (Lipinski definition) is 4. The zero-order valence-electron chi connectivity index (χ0n) is 19.6. The van der Waals surface area contributed by atoms with E-state index in [1.807, 2.05) is 90.7 Å². The predicted molar refractivity (Wildman–Crippen MR) is 148 cm³/mol. The molecule has 36 heavy (non-hydrogen) atoms. The van der Waals surface area contributed by atoms with Gasteiger partial charge in [0.05, 0.1) is 11.7 Å². The highest BCUT2D eigenvalue weighted by molar-refractivity contribution is 9.10. The van der Waals surface area contributed by atoms with Crippen LogP contribution in [0.25, 0.3) is 11.3 Å². The van der Waals surface area contributed by atoms with E-state index in [0.29, 0.717) is 11.7 Å². The second kappa shape index (κ2) is 10.6. The monoisotopic (exact) mass is 560 g/mol. The van der Waals surface area contributed by atoms with Gasteiger partial charge in [0, 0.05) is 34.9 Å². The molecule has 4 aromatic rings. The normalized spacial score (nSPS) is 17.2. The van der Waals surface area contributed by atoms with Crippen LogP contribution in [0.2, 0.25) is 0 Å². The number of hydrogen-bond donors (Lipinski definition) is 2. The molecule has 1 aliphatic rings. The number of pyridine rings is 1. The van der Waals surface area contributed by atoms with Crippen molar-refractivity contribution in [2.75, 3.05) is 11.9 Å². The van der Waals surface area contributed by atoms with Crippen molar-refractivity contribution in [3.8, 4) is 11.3 Å². The molecule has 0 bridgehead atoms. The molecule has 1 fully saturated rings. The lowest BCUT2D eigenvalue weighted by atomic mass is 10.0. The van der Waals surface area contributed by atoms with Crippen molar-refractivity contribution in [2.45, 2.75) is 25.4 Å². The molecule has 5 rings (SSSR count). The minimum Gasteiger partial charge on any atom is -0.459 e. The number of anilines is 1. The average Bonchev–Trinajstić information content (AvgIpc) is 3.50. The number of aromatic nitrogens is 1. The summed E-state index contributed by atoms with van der Waals surface area (Å²) in [5.74, 6) is 1.46. The quantitative estimate of drug-likeness (QED) is 0.254. The molecule has 1 amide bonds. The maximum absolute atomic E-state index is 12.7. The van der Waals surface area contributed by atoms with Gasteiger partial charge in [-0.25, -0.2) is 0 Å². The Balaban J connectivity index is 1.38. The average molecular weight is 562 g/mol. The highest BCUT2D eigenvalue weighted by Gasteiger charge is 2.41. The predicted octanol–water partition coefficient (Wildman–Crippen LogP) is 6.41. The summed E-state index contributed by atoms with van der Waals surface area (Å²) in [6.45, 7) is 2.45. The third-order valence-corrected chi connectivity index (χ3v) is 7.04. The fourth-order valence-electron chi connectivity index (χ4n) is 4.32. The van der Waals surface area contributed by atoms with Crippen molar-refractivity contribution < 1.29 is 9.21 Å². The molecule has 0 radical (unpaired) electrons. The minimum atomic E-state index is -0.247. The number of carbonyl (C=O) groups excluding carboxylic acids is 1. The number of rotatable bonds is 7. The molecule has 2 N–H and O–H groups in total. The van der Waals surface area contributed by atoms with Gasteiger partial charge in [-0.05, 0) is 67.7 Å².